The third-order valence-corrected chi connectivity index (χ3v) is 4.39. The van der Waals surface area contributed by atoms with Crippen molar-refractivity contribution in [3.63, 3.8) is 0 Å². The second-order valence-corrected chi connectivity index (χ2v) is 6.13. The Bertz CT molecular complexity index is 325. The number of carbonyl (C=O) groups excluding carboxylic acids is 1. The molecule has 1 saturated carbocycles. The van der Waals surface area contributed by atoms with Crippen LogP contribution in [-0.2, 0) is 14.3 Å². The van der Waals surface area contributed by atoms with Crippen LogP contribution in [-0.4, -0.2) is 62.4 Å². The maximum absolute atomic E-state index is 12.7. The fourth-order valence-electron chi connectivity index (χ4n) is 3.13. The monoisotopic (exact) mass is 298 g/mol. The van der Waals surface area contributed by atoms with E-state index in [1.54, 1.807) is 0 Å². The van der Waals surface area contributed by atoms with Crippen LogP contribution in [0.25, 0.3) is 0 Å². The summed E-state index contributed by atoms with van der Waals surface area (Å²) in [6, 6.07) is 0. The number of esters is 1. The first kappa shape index (κ1) is 16.7. The summed E-state index contributed by atoms with van der Waals surface area (Å²) in [6.07, 6.45) is 4.31. The number of rotatable bonds is 8. The lowest BCUT2D eigenvalue weighted by atomic mass is 9.91. The van der Waals surface area contributed by atoms with Crippen molar-refractivity contribution >= 4 is 5.97 Å². The molecule has 0 bridgehead atoms. The SMILES string of the molecule is CCCNC(CN1CCCOCC1)(C(=O)OCC)C1CC1. The maximum Gasteiger partial charge on any atom is 0.327 e. The van der Waals surface area contributed by atoms with Gasteiger partial charge >= 0.3 is 5.97 Å². The molecule has 1 atom stereocenters. The normalized spacial score (nSPS) is 23.3. The van der Waals surface area contributed by atoms with Gasteiger partial charge in [-0.15, -0.1) is 0 Å². The lowest BCUT2D eigenvalue weighted by Crippen LogP contribution is -2.61. The minimum Gasteiger partial charge on any atom is -0.465 e. The minimum absolute atomic E-state index is 0.0638. The molecule has 5 heteroatoms. The zero-order valence-corrected chi connectivity index (χ0v) is 13.5. The van der Waals surface area contributed by atoms with Gasteiger partial charge in [-0.1, -0.05) is 6.92 Å². The van der Waals surface area contributed by atoms with Crippen molar-refractivity contribution in [1.29, 1.82) is 0 Å². The minimum atomic E-state index is -0.517. The van der Waals surface area contributed by atoms with Crippen LogP contribution in [0.15, 0.2) is 0 Å². The number of nitrogens with one attached hydrogen (secondary N) is 1. The van der Waals surface area contributed by atoms with Gasteiger partial charge in [-0.3, -0.25) is 4.90 Å². The van der Waals surface area contributed by atoms with E-state index < -0.39 is 5.54 Å². The second kappa shape index (κ2) is 8.11. The fraction of sp³-hybridized carbons (Fsp3) is 0.938. The lowest BCUT2D eigenvalue weighted by Gasteiger charge is -2.37. The van der Waals surface area contributed by atoms with Crippen LogP contribution in [0.2, 0.25) is 0 Å². The van der Waals surface area contributed by atoms with E-state index in [0.29, 0.717) is 12.5 Å². The molecule has 0 aromatic heterocycles. The first-order valence-corrected chi connectivity index (χ1v) is 8.45. The molecule has 1 unspecified atom stereocenters. The van der Waals surface area contributed by atoms with Gasteiger partial charge in [-0.25, -0.2) is 4.79 Å². The first-order valence-electron chi connectivity index (χ1n) is 8.45. The highest BCUT2D eigenvalue weighted by Crippen LogP contribution is 2.41. The number of ether oxygens (including phenoxy) is 2. The zero-order valence-electron chi connectivity index (χ0n) is 13.5. The summed E-state index contributed by atoms with van der Waals surface area (Å²) in [6.45, 7) is 9.57. The Labute approximate surface area is 128 Å². The van der Waals surface area contributed by atoms with E-state index in [2.05, 4.69) is 17.1 Å². The molecule has 0 amide bonds. The van der Waals surface area contributed by atoms with Crippen molar-refractivity contribution in [1.82, 2.24) is 10.2 Å². The van der Waals surface area contributed by atoms with E-state index in [9.17, 15) is 4.79 Å². The van der Waals surface area contributed by atoms with Crippen LogP contribution < -0.4 is 5.32 Å². The van der Waals surface area contributed by atoms with Crippen LogP contribution >= 0.6 is 0 Å². The van der Waals surface area contributed by atoms with Crippen LogP contribution in [0, 0.1) is 5.92 Å². The molecule has 1 aliphatic carbocycles. The topological polar surface area (TPSA) is 50.8 Å². The summed E-state index contributed by atoms with van der Waals surface area (Å²) in [5.41, 5.74) is -0.517. The summed E-state index contributed by atoms with van der Waals surface area (Å²) in [7, 11) is 0. The summed E-state index contributed by atoms with van der Waals surface area (Å²) in [5.74, 6) is 0.360. The highest BCUT2D eigenvalue weighted by atomic mass is 16.5. The Kier molecular flexibility index (Phi) is 6.45. The van der Waals surface area contributed by atoms with E-state index in [-0.39, 0.29) is 5.97 Å². The molecule has 2 rings (SSSR count). The Morgan fingerprint density at radius 3 is 2.81 bits per heavy atom. The third kappa shape index (κ3) is 4.41. The van der Waals surface area contributed by atoms with E-state index in [4.69, 9.17) is 9.47 Å². The number of carbonyl (C=O) groups is 1. The largest absolute Gasteiger partial charge is 0.465 e. The number of hydrogen-bond acceptors (Lipinski definition) is 5. The van der Waals surface area contributed by atoms with E-state index in [0.717, 1.165) is 65.1 Å². The van der Waals surface area contributed by atoms with Gasteiger partial charge in [0.25, 0.3) is 0 Å². The molecule has 21 heavy (non-hydrogen) atoms. The molecule has 0 aromatic carbocycles. The van der Waals surface area contributed by atoms with Gasteiger partial charge in [0.2, 0.25) is 0 Å². The molecule has 1 saturated heterocycles. The van der Waals surface area contributed by atoms with Crippen LogP contribution in [0.4, 0.5) is 0 Å². The average molecular weight is 298 g/mol. The Morgan fingerprint density at radius 2 is 2.14 bits per heavy atom. The van der Waals surface area contributed by atoms with Gasteiger partial charge in [0, 0.05) is 26.2 Å². The third-order valence-electron chi connectivity index (χ3n) is 4.39. The smallest absolute Gasteiger partial charge is 0.327 e. The van der Waals surface area contributed by atoms with E-state index >= 15 is 0 Å². The van der Waals surface area contributed by atoms with E-state index in [1.807, 2.05) is 6.92 Å². The van der Waals surface area contributed by atoms with Crippen molar-refractivity contribution in [2.24, 2.45) is 5.92 Å². The predicted octanol–water partition coefficient (Wildman–Crippen LogP) is 1.42. The van der Waals surface area contributed by atoms with E-state index in [1.165, 1.54) is 0 Å². The second-order valence-electron chi connectivity index (χ2n) is 6.13. The molecule has 1 N–H and O–H groups in total. The molecule has 5 nitrogen and oxygen atoms in total. The molecule has 122 valence electrons. The standard InChI is InChI=1S/C16H30N2O3/c1-3-8-17-16(14-6-7-14,15(19)21-4-2)13-18-9-5-11-20-12-10-18/h14,17H,3-13H2,1-2H3. The first-order chi connectivity index (χ1) is 10.2. The van der Waals surface area contributed by atoms with Gasteiger partial charge in [-0.05, 0) is 45.1 Å². The zero-order chi connectivity index (χ0) is 15.1. The average Bonchev–Trinajstić information content (AvgIpc) is 3.31. The molecule has 0 radical (unpaired) electrons. The fourth-order valence-corrected chi connectivity index (χ4v) is 3.13. The lowest BCUT2D eigenvalue weighted by molar-refractivity contribution is -0.153. The number of nitrogens with zero attached hydrogens (tertiary/aromatic N) is 1. The van der Waals surface area contributed by atoms with Crippen LogP contribution in [0.5, 0.6) is 0 Å². The Morgan fingerprint density at radius 1 is 1.33 bits per heavy atom. The molecular formula is C16H30N2O3. The molecule has 1 aliphatic heterocycles. The summed E-state index contributed by atoms with van der Waals surface area (Å²) in [5, 5.41) is 3.54. The maximum atomic E-state index is 12.7. The summed E-state index contributed by atoms with van der Waals surface area (Å²) in [4.78, 5) is 15.0. The van der Waals surface area contributed by atoms with Gasteiger partial charge in [0.15, 0.2) is 0 Å². The van der Waals surface area contributed by atoms with Gasteiger partial charge in [0.05, 0.1) is 13.2 Å². The predicted molar refractivity (Wildman–Crippen MR) is 82.3 cm³/mol. The summed E-state index contributed by atoms with van der Waals surface area (Å²) < 4.78 is 10.9. The molecular weight excluding hydrogens is 268 g/mol. The van der Waals surface area contributed by atoms with Crippen LogP contribution in [0.1, 0.15) is 39.5 Å². The molecule has 0 aromatic rings. The molecule has 2 fully saturated rings. The van der Waals surface area contributed by atoms with Crippen molar-refractivity contribution in [3.8, 4) is 0 Å². The highest BCUT2D eigenvalue weighted by Gasteiger charge is 2.52. The quantitative estimate of drug-likeness (QED) is 0.687. The van der Waals surface area contributed by atoms with Crippen molar-refractivity contribution in [3.05, 3.63) is 0 Å². The number of hydrogen-bond donors (Lipinski definition) is 1. The summed E-state index contributed by atoms with van der Waals surface area (Å²) >= 11 is 0. The highest BCUT2D eigenvalue weighted by molar-refractivity contribution is 5.82. The Hall–Kier alpha value is -0.650. The van der Waals surface area contributed by atoms with Crippen molar-refractivity contribution < 1.29 is 14.3 Å². The van der Waals surface area contributed by atoms with Gasteiger partial charge < -0.3 is 14.8 Å². The van der Waals surface area contributed by atoms with Gasteiger partial charge in [-0.2, -0.15) is 0 Å². The Balaban J connectivity index is 2.09. The van der Waals surface area contributed by atoms with Crippen molar-refractivity contribution in [2.45, 2.75) is 45.1 Å². The molecule has 2 aliphatic rings. The molecule has 1 heterocycles. The van der Waals surface area contributed by atoms with Crippen LogP contribution in [0.3, 0.4) is 0 Å². The van der Waals surface area contributed by atoms with Crippen molar-refractivity contribution in [2.75, 3.05) is 46.0 Å². The van der Waals surface area contributed by atoms with Gasteiger partial charge in [0.1, 0.15) is 5.54 Å². The molecule has 0 spiro atoms.